The van der Waals surface area contributed by atoms with Gasteiger partial charge in [-0.25, -0.2) is 0 Å². The van der Waals surface area contributed by atoms with Crippen LogP contribution in [0.15, 0.2) is 0 Å². The molecule has 1 N–H and O–H groups in total. The topological polar surface area (TPSA) is 49.4 Å². The van der Waals surface area contributed by atoms with Crippen molar-refractivity contribution >= 4 is 11.8 Å². The Morgan fingerprint density at radius 2 is 1.91 bits per heavy atom. The van der Waals surface area contributed by atoms with Gasteiger partial charge in [-0.2, -0.15) is 0 Å². The normalized spacial score (nSPS) is 32.7. The largest absolute Gasteiger partial charge is 0.351 e. The third-order valence-corrected chi connectivity index (χ3v) is 5.83. The van der Waals surface area contributed by atoms with Crippen molar-refractivity contribution in [2.45, 2.75) is 71.8 Å². The number of carbonyl (C=O) groups is 2. The van der Waals surface area contributed by atoms with E-state index in [1.54, 1.807) is 0 Å². The summed E-state index contributed by atoms with van der Waals surface area (Å²) in [6, 6.07) is 0. The number of nitrogens with zero attached hydrogens (tertiary/aromatic N) is 1. The average Bonchev–Trinajstić information content (AvgIpc) is 2.87. The number of nitrogens with one attached hydrogen (secondary N) is 1. The summed E-state index contributed by atoms with van der Waals surface area (Å²) in [7, 11) is 1.90. The first-order chi connectivity index (χ1) is 10.7. The van der Waals surface area contributed by atoms with Crippen molar-refractivity contribution in [1.29, 1.82) is 0 Å². The summed E-state index contributed by atoms with van der Waals surface area (Å²) in [6.07, 6.45) is 5.81. The molecule has 2 aliphatic heterocycles. The second-order valence-electron chi connectivity index (χ2n) is 8.72. The Hall–Kier alpha value is -1.06. The van der Waals surface area contributed by atoms with Gasteiger partial charge in [0, 0.05) is 32.0 Å². The molecule has 2 fully saturated rings. The van der Waals surface area contributed by atoms with Crippen molar-refractivity contribution in [2.75, 3.05) is 13.6 Å². The van der Waals surface area contributed by atoms with Crippen molar-refractivity contribution in [3.63, 3.8) is 0 Å². The third-order valence-electron chi connectivity index (χ3n) is 5.83. The van der Waals surface area contributed by atoms with Crippen molar-refractivity contribution in [3.05, 3.63) is 0 Å². The summed E-state index contributed by atoms with van der Waals surface area (Å²) in [5, 5.41) is 3.25. The molecule has 0 spiro atoms. The maximum Gasteiger partial charge on any atom is 0.222 e. The highest BCUT2D eigenvalue weighted by Gasteiger charge is 2.42. The van der Waals surface area contributed by atoms with E-state index in [9.17, 15) is 9.59 Å². The molecule has 2 amide bonds. The number of hydrogen-bond donors (Lipinski definition) is 1. The molecule has 0 saturated carbocycles. The highest BCUT2D eigenvalue weighted by Crippen LogP contribution is 2.37. The lowest BCUT2D eigenvalue weighted by atomic mass is 9.77. The van der Waals surface area contributed by atoms with Crippen LogP contribution < -0.4 is 5.32 Å². The van der Waals surface area contributed by atoms with Crippen LogP contribution in [-0.2, 0) is 9.59 Å². The van der Waals surface area contributed by atoms with Gasteiger partial charge in [0.1, 0.15) is 0 Å². The van der Waals surface area contributed by atoms with Crippen LogP contribution in [0.3, 0.4) is 0 Å². The number of rotatable bonds is 7. The van der Waals surface area contributed by atoms with E-state index in [0.717, 1.165) is 32.2 Å². The molecule has 0 radical (unpaired) electrons. The fourth-order valence-electron chi connectivity index (χ4n) is 4.45. The Kier molecular flexibility index (Phi) is 5.74. The van der Waals surface area contributed by atoms with Gasteiger partial charge < -0.3 is 10.2 Å². The monoisotopic (exact) mass is 322 g/mol. The first kappa shape index (κ1) is 18.3. The van der Waals surface area contributed by atoms with E-state index >= 15 is 0 Å². The maximum absolute atomic E-state index is 11.9. The van der Waals surface area contributed by atoms with Gasteiger partial charge in [0.05, 0.1) is 0 Å². The van der Waals surface area contributed by atoms with E-state index in [1.807, 2.05) is 11.9 Å². The van der Waals surface area contributed by atoms with E-state index in [4.69, 9.17) is 0 Å². The van der Waals surface area contributed by atoms with Gasteiger partial charge in [0.15, 0.2) is 0 Å². The Labute approximate surface area is 141 Å². The molecule has 23 heavy (non-hydrogen) atoms. The second kappa shape index (κ2) is 7.23. The van der Waals surface area contributed by atoms with Crippen LogP contribution in [-0.4, -0.2) is 35.8 Å². The minimum Gasteiger partial charge on any atom is -0.351 e. The summed E-state index contributed by atoms with van der Waals surface area (Å²) < 4.78 is 0. The first-order valence-corrected chi connectivity index (χ1v) is 9.24. The first-order valence-electron chi connectivity index (χ1n) is 9.24. The summed E-state index contributed by atoms with van der Waals surface area (Å²) in [6.45, 7) is 9.90. The fourth-order valence-corrected chi connectivity index (χ4v) is 4.45. The van der Waals surface area contributed by atoms with Crippen molar-refractivity contribution in [2.24, 2.45) is 23.7 Å². The molecular formula is C19H34N2O2. The predicted octanol–water partition coefficient (Wildman–Crippen LogP) is 3.21. The molecular weight excluding hydrogens is 288 g/mol. The average molecular weight is 322 g/mol. The smallest absolute Gasteiger partial charge is 0.222 e. The third kappa shape index (κ3) is 4.71. The van der Waals surface area contributed by atoms with Crippen LogP contribution in [0.2, 0.25) is 0 Å². The molecule has 4 atom stereocenters. The summed E-state index contributed by atoms with van der Waals surface area (Å²) in [5.74, 6) is 2.71. The van der Waals surface area contributed by atoms with Gasteiger partial charge in [-0.05, 0) is 56.3 Å². The van der Waals surface area contributed by atoms with Crippen LogP contribution in [0, 0.1) is 23.7 Å². The standard InChI is InChI=1S/C19H34N2O2/c1-13(2)8-16-11-17(22)20-19(16,4)7-6-14(3)9-15-10-18(23)21(5)12-15/h13-16H,6-12H2,1-5H3,(H,20,22). The SMILES string of the molecule is CC(C)CC1CC(=O)NC1(C)CCC(C)CC1CC(=O)N(C)C1. The zero-order valence-electron chi connectivity index (χ0n) is 15.5. The van der Waals surface area contributed by atoms with Crippen LogP contribution in [0.5, 0.6) is 0 Å². The molecule has 2 aliphatic rings. The molecule has 0 bridgehead atoms. The molecule has 0 aromatic heterocycles. The van der Waals surface area contributed by atoms with Gasteiger partial charge in [0.2, 0.25) is 11.8 Å². The summed E-state index contributed by atoms with van der Waals surface area (Å²) in [4.78, 5) is 25.4. The summed E-state index contributed by atoms with van der Waals surface area (Å²) in [5.41, 5.74) is -0.0437. The molecule has 2 heterocycles. The van der Waals surface area contributed by atoms with Crippen LogP contribution in [0.25, 0.3) is 0 Å². The van der Waals surface area contributed by atoms with E-state index in [1.165, 1.54) is 0 Å². The molecule has 2 saturated heterocycles. The maximum atomic E-state index is 11.9. The number of carbonyl (C=O) groups excluding carboxylic acids is 2. The van der Waals surface area contributed by atoms with Crippen molar-refractivity contribution in [1.82, 2.24) is 10.2 Å². The van der Waals surface area contributed by atoms with Gasteiger partial charge >= 0.3 is 0 Å². The molecule has 0 aromatic rings. The fraction of sp³-hybridized carbons (Fsp3) is 0.895. The molecule has 4 nitrogen and oxygen atoms in total. The number of likely N-dealkylation sites (tertiary alicyclic amines) is 1. The Morgan fingerprint density at radius 3 is 2.48 bits per heavy atom. The van der Waals surface area contributed by atoms with Crippen LogP contribution in [0.4, 0.5) is 0 Å². The number of hydrogen-bond acceptors (Lipinski definition) is 2. The molecule has 0 aliphatic carbocycles. The molecule has 4 heteroatoms. The molecule has 132 valence electrons. The Bertz CT molecular complexity index is 449. The second-order valence-corrected chi connectivity index (χ2v) is 8.72. The summed E-state index contributed by atoms with van der Waals surface area (Å²) >= 11 is 0. The molecule has 4 unspecified atom stereocenters. The lowest BCUT2D eigenvalue weighted by Crippen LogP contribution is -2.43. The number of amides is 2. The van der Waals surface area contributed by atoms with Crippen molar-refractivity contribution < 1.29 is 9.59 Å². The van der Waals surface area contributed by atoms with Crippen LogP contribution in [0.1, 0.15) is 66.2 Å². The minimum absolute atomic E-state index is 0.0437. The molecule has 0 aromatic carbocycles. The van der Waals surface area contributed by atoms with Crippen molar-refractivity contribution in [3.8, 4) is 0 Å². The van der Waals surface area contributed by atoms with E-state index < -0.39 is 0 Å². The highest BCUT2D eigenvalue weighted by atomic mass is 16.2. The van der Waals surface area contributed by atoms with Gasteiger partial charge in [0.25, 0.3) is 0 Å². The van der Waals surface area contributed by atoms with Gasteiger partial charge in [-0.3, -0.25) is 9.59 Å². The predicted molar refractivity (Wildman–Crippen MR) is 92.9 cm³/mol. The van der Waals surface area contributed by atoms with Gasteiger partial charge in [-0.1, -0.05) is 20.8 Å². The van der Waals surface area contributed by atoms with E-state index in [0.29, 0.717) is 36.5 Å². The lowest BCUT2D eigenvalue weighted by molar-refractivity contribution is -0.126. The van der Waals surface area contributed by atoms with E-state index in [-0.39, 0.29) is 17.4 Å². The minimum atomic E-state index is -0.0437. The zero-order chi connectivity index (χ0) is 17.2. The van der Waals surface area contributed by atoms with Crippen LogP contribution >= 0.6 is 0 Å². The highest BCUT2D eigenvalue weighted by molar-refractivity contribution is 5.80. The van der Waals surface area contributed by atoms with Gasteiger partial charge in [-0.15, -0.1) is 0 Å². The Morgan fingerprint density at radius 1 is 1.22 bits per heavy atom. The Balaban J connectivity index is 1.83. The zero-order valence-corrected chi connectivity index (χ0v) is 15.5. The lowest BCUT2D eigenvalue weighted by Gasteiger charge is -2.33. The van der Waals surface area contributed by atoms with E-state index in [2.05, 4.69) is 33.0 Å². The quantitative estimate of drug-likeness (QED) is 0.782. The molecule has 2 rings (SSSR count).